The molecule has 10 heteroatoms. The molecule has 1 aromatic rings. The molecule has 0 spiro atoms. The minimum Gasteiger partial charge on any atom is -0.463 e. The van der Waals surface area contributed by atoms with Crippen LogP contribution in [0.5, 0.6) is 0 Å². The molecule has 0 N–H and O–H groups in total. The van der Waals surface area contributed by atoms with Gasteiger partial charge in [-0.1, -0.05) is 29.5 Å². The number of carbonyl (C=O) groups excluding carboxylic acids is 4. The number of esters is 4. The lowest BCUT2D eigenvalue weighted by molar-refractivity contribution is -0.237. The molecule has 170 valence electrons. The first kappa shape index (κ1) is 24.7. The van der Waals surface area contributed by atoms with Gasteiger partial charge >= 0.3 is 23.9 Å². The maximum absolute atomic E-state index is 11.8. The lowest BCUT2D eigenvalue weighted by Gasteiger charge is -2.44. The summed E-state index contributed by atoms with van der Waals surface area (Å²) in [5.41, 5.74) is 0.179. The monoisotopic (exact) mass is 454 g/mol. The second-order valence-electron chi connectivity index (χ2n) is 7.00. The average Bonchev–Trinajstić information content (AvgIpc) is 2.64. The van der Waals surface area contributed by atoms with Crippen molar-refractivity contribution in [1.29, 1.82) is 0 Å². The number of hydrogen-bond donors (Lipinski definition) is 0. The van der Waals surface area contributed by atoms with Gasteiger partial charge < -0.3 is 23.7 Å². The number of carbonyl (C=O) groups is 4. The number of thioether (sulfide) groups is 1. The Kier molecular flexibility index (Phi) is 8.88. The van der Waals surface area contributed by atoms with Gasteiger partial charge in [-0.3, -0.25) is 19.2 Å². The third-order valence-corrected chi connectivity index (χ3v) is 5.33. The summed E-state index contributed by atoms with van der Waals surface area (Å²) in [6, 6.07) is 7.56. The van der Waals surface area contributed by atoms with Gasteiger partial charge in [0.25, 0.3) is 0 Å². The van der Waals surface area contributed by atoms with Crippen molar-refractivity contribution < 1.29 is 42.9 Å². The minimum absolute atomic E-state index is 0.247. The van der Waals surface area contributed by atoms with Crippen molar-refractivity contribution in [1.82, 2.24) is 0 Å². The lowest BCUT2D eigenvalue weighted by atomic mass is 9.99. The Bertz CT molecular complexity index is 825. The van der Waals surface area contributed by atoms with Gasteiger partial charge in [-0.15, -0.1) is 0 Å². The molecular formula is C21H26O9S. The largest absolute Gasteiger partial charge is 0.463 e. The average molecular weight is 454 g/mol. The molecule has 0 aliphatic carbocycles. The number of benzene rings is 1. The van der Waals surface area contributed by atoms with Crippen LogP contribution in [0.1, 0.15) is 33.3 Å². The van der Waals surface area contributed by atoms with E-state index in [1.807, 2.05) is 31.2 Å². The Morgan fingerprint density at radius 3 is 2.00 bits per heavy atom. The fraction of sp³-hybridized carbons (Fsp3) is 0.524. The summed E-state index contributed by atoms with van der Waals surface area (Å²) in [4.78, 5) is 47.5. The normalized spacial score (nSPS) is 25.3. The highest BCUT2D eigenvalue weighted by Gasteiger charge is 2.52. The zero-order valence-electron chi connectivity index (χ0n) is 18.0. The van der Waals surface area contributed by atoms with Crippen molar-refractivity contribution in [3.63, 3.8) is 0 Å². The van der Waals surface area contributed by atoms with Crippen LogP contribution in [0.3, 0.4) is 0 Å². The summed E-state index contributed by atoms with van der Waals surface area (Å²) < 4.78 is 27.3. The van der Waals surface area contributed by atoms with Gasteiger partial charge in [0.2, 0.25) is 0 Å². The van der Waals surface area contributed by atoms with E-state index < -0.39 is 53.7 Å². The van der Waals surface area contributed by atoms with Crippen molar-refractivity contribution in [3.05, 3.63) is 29.8 Å². The first-order valence-electron chi connectivity index (χ1n) is 9.60. The molecule has 9 nitrogen and oxygen atoms in total. The van der Waals surface area contributed by atoms with Crippen LogP contribution in [-0.4, -0.2) is 60.3 Å². The van der Waals surface area contributed by atoms with Crippen LogP contribution >= 0.6 is 11.8 Å². The third-order valence-electron chi connectivity index (χ3n) is 4.19. The predicted molar refractivity (Wildman–Crippen MR) is 109 cm³/mol. The van der Waals surface area contributed by atoms with Crippen molar-refractivity contribution in [2.24, 2.45) is 0 Å². The Hall–Kier alpha value is -2.59. The summed E-state index contributed by atoms with van der Waals surface area (Å²) in [5.74, 6) is -2.50. The second kappa shape index (κ2) is 11.1. The number of hydrogen-bond acceptors (Lipinski definition) is 10. The van der Waals surface area contributed by atoms with E-state index >= 15 is 0 Å². The molecule has 0 unspecified atom stereocenters. The fourth-order valence-corrected chi connectivity index (χ4v) is 4.33. The van der Waals surface area contributed by atoms with Crippen LogP contribution in [0, 0.1) is 6.92 Å². The van der Waals surface area contributed by atoms with Crippen LogP contribution in [0.15, 0.2) is 29.2 Å². The van der Waals surface area contributed by atoms with E-state index in [2.05, 4.69) is 0 Å². The third kappa shape index (κ3) is 7.55. The molecule has 0 saturated carbocycles. The van der Waals surface area contributed by atoms with Crippen LogP contribution in [0.4, 0.5) is 0 Å². The van der Waals surface area contributed by atoms with E-state index in [1.54, 1.807) is 0 Å². The molecule has 2 rings (SSSR count). The summed E-state index contributed by atoms with van der Waals surface area (Å²) in [6.07, 6.45) is -4.35. The van der Waals surface area contributed by atoms with E-state index in [9.17, 15) is 19.2 Å². The summed E-state index contributed by atoms with van der Waals surface area (Å²) in [5, 5.41) is 0. The quantitative estimate of drug-likeness (QED) is 0.448. The Labute approximate surface area is 184 Å². The molecule has 1 fully saturated rings. The Balaban J connectivity index is 2.44. The van der Waals surface area contributed by atoms with Crippen LogP contribution < -0.4 is 0 Å². The fourth-order valence-electron chi connectivity index (χ4n) is 3.11. The van der Waals surface area contributed by atoms with Gasteiger partial charge in [-0.2, -0.15) is 0 Å². The number of rotatable bonds is 7. The van der Waals surface area contributed by atoms with E-state index in [0.29, 0.717) is 0 Å². The van der Waals surface area contributed by atoms with Gasteiger partial charge in [0.05, 0.1) is 0 Å². The zero-order valence-corrected chi connectivity index (χ0v) is 18.8. The number of ether oxygens (including phenoxy) is 5. The zero-order chi connectivity index (χ0) is 23.1. The van der Waals surface area contributed by atoms with Gasteiger partial charge in [-0.05, 0) is 19.1 Å². The lowest BCUT2D eigenvalue weighted by Crippen LogP contribution is -2.61. The molecular weight excluding hydrogens is 428 g/mol. The molecule has 0 radical (unpaired) electrons. The molecule has 31 heavy (non-hydrogen) atoms. The van der Waals surface area contributed by atoms with Crippen LogP contribution in [0.2, 0.25) is 0 Å². The van der Waals surface area contributed by atoms with Gasteiger partial charge in [0.15, 0.2) is 18.3 Å². The van der Waals surface area contributed by atoms with E-state index in [4.69, 9.17) is 23.7 Å². The SMILES string of the molecule is CC(=O)OC[C@H]1O[C@@H](Sc2cccc(C)c2)[C@H](OC(C)=O)[C@@H](OC(C)=O)[C@@H]1OC(C)=O. The highest BCUT2D eigenvalue weighted by Crippen LogP contribution is 2.37. The maximum Gasteiger partial charge on any atom is 0.303 e. The topological polar surface area (TPSA) is 114 Å². The highest BCUT2D eigenvalue weighted by molar-refractivity contribution is 7.99. The van der Waals surface area contributed by atoms with E-state index in [1.165, 1.54) is 39.5 Å². The van der Waals surface area contributed by atoms with E-state index in [-0.39, 0.29) is 6.61 Å². The summed E-state index contributed by atoms with van der Waals surface area (Å²) >= 11 is 1.25. The Morgan fingerprint density at radius 1 is 0.871 bits per heavy atom. The first-order chi connectivity index (χ1) is 14.6. The van der Waals surface area contributed by atoms with Gasteiger partial charge in [0.1, 0.15) is 18.1 Å². The van der Waals surface area contributed by atoms with Gasteiger partial charge in [-0.25, -0.2) is 0 Å². The molecule has 0 aromatic heterocycles. The molecule has 5 atom stereocenters. The molecule has 1 aromatic carbocycles. The highest BCUT2D eigenvalue weighted by atomic mass is 32.2. The first-order valence-corrected chi connectivity index (χ1v) is 10.5. The van der Waals surface area contributed by atoms with Crippen LogP contribution in [-0.2, 0) is 42.9 Å². The van der Waals surface area contributed by atoms with Crippen LogP contribution in [0.25, 0.3) is 0 Å². The number of aryl methyl sites for hydroxylation is 1. The minimum atomic E-state index is -1.16. The molecule has 1 aliphatic rings. The van der Waals surface area contributed by atoms with Crippen molar-refractivity contribution in [3.8, 4) is 0 Å². The summed E-state index contributed by atoms with van der Waals surface area (Å²) in [7, 11) is 0. The van der Waals surface area contributed by atoms with Crippen molar-refractivity contribution in [2.75, 3.05) is 6.61 Å². The smallest absolute Gasteiger partial charge is 0.303 e. The second-order valence-corrected chi connectivity index (χ2v) is 8.17. The molecule has 0 amide bonds. The molecule has 1 saturated heterocycles. The van der Waals surface area contributed by atoms with E-state index in [0.717, 1.165) is 10.5 Å². The molecule has 1 aliphatic heterocycles. The van der Waals surface area contributed by atoms with Gasteiger partial charge in [0, 0.05) is 32.6 Å². The van der Waals surface area contributed by atoms with Crippen molar-refractivity contribution in [2.45, 2.75) is 69.4 Å². The Morgan fingerprint density at radius 2 is 1.45 bits per heavy atom. The molecule has 1 heterocycles. The van der Waals surface area contributed by atoms with Crippen molar-refractivity contribution >= 4 is 35.6 Å². The summed E-state index contributed by atoms with van der Waals surface area (Å²) in [6.45, 7) is 6.50. The standard InChI is InChI=1S/C21H26O9S/c1-11-7-6-8-16(9-11)31-21-20(29-15(5)25)19(28-14(4)24)18(27-13(3)23)17(30-21)10-26-12(2)22/h6-9,17-21H,10H2,1-5H3/t17-,18-,19+,20-,21+/m1/s1. The maximum atomic E-state index is 11.8. The predicted octanol–water partition coefficient (Wildman–Crippen LogP) is 2.17. The molecule has 0 bridgehead atoms.